The van der Waals surface area contributed by atoms with Crippen molar-refractivity contribution in [1.82, 2.24) is 14.7 Å². The zero-order valence-electron chi connectivity index (χ0n) is 15.6. The van der Waals surface area contributed by atoms with Gasteiger partial charge in [0.2, 0.25) is 5.91 Å². The van der Waals surface area contributed by atoms with Crippen molar-refractivity contribution >= 4 is 23.5 Å². The fourth-order valence-electron chi connectivity index (χ4n) is 2.97. The molecular formula is C19H28ClN3O3. The fourth-order valence-corrected chi connectivity index (χ4v) is 3.16. The van der Waals surface area contributed by atoms with Gasteiger partial charge in [-0.3, -0.25) is 4.79 Å². The minimum Gasteiger partial charge on any atom is -0.492 e. The first-order valence-corrected chi connectivity index (χ1v) is 9.63. The lowest BCUT2D eigenvalue weighted by Gasteiger charge is -2.37. The van der Waals surface area contributed by atoms with E-state index in [0.29, 0.717) is 69.5 Å². The van der Waals surface area contributed by atoms with Gasteiger partial charge in [-0.2, -0.15) is 0 Å². The Labute approximate surface area is 160 Å². The van der Waals surface area contributed by atoms with Crippen LogP contribution in [0.4, 0.5) is 4.79 Å². The molecule has 0 aromatic heterocycles. The quantitative estimate of drug-likeness (QED) is 0.682. The average molecular weight is 382 g/mol. The Morgan fingerprint density at radius 1 is 1.08 bits per heavy atom. The highest BCUT2D eigenvalue weighted by Gasteiger charge is 2.25. The van der Waals surface area contributed by atoms with Gasteiger partial charge in [0.05, 0.1) is 11.6 Å². The van der Waals surface area contributed by atoms with Crippen LogP contribution in [0.1, 0.15) is 26.7 Å². The number of piperazine rings is 1. The molecule has 0 bridgehead atoms. The molecule has 0 atom stereocenters. The van der Waals surface area contributed by atoms with E-state index in [0.717, 1.165) is 0 Å². The van der Waals surface area contributed by atoms with Gasteiger partial charge in [0, 0.05) is 45.7 Å². The van der Waals surface area contributed by atoms with Crippen LogP contribution < -0.4 is 4.74 Å². The standard InChI is InChI=1S/C19H28ClN3O3/c1-3-21(4-2)19(25)23-13-11-22(12-14-23)18(24)10-7-15-26-17-9-6-5-8-16(17)20/h5-6,8-9H,3-4,7,10-15H2,1-2H3. The van der Waals surface area contributed by atoms with E-state index >= 15 is 0 Å². The highest BCUT2D eigenvalue weighted by Crippen LogP contribution is 2.23. The molecule has 0 radical (unpaired) electrons. The third-order valence-corrected chi connectivity index (χ3v) is 4.88. The third-order valence-electron chi connectivity index (χ3n) is 4.57. The number of halogens is 1. The van der Waals surface area contributed by atoms with Crippen molar-refractivity contribution in [3.05, 3.63) is 29.3 Å². The molecule has 2 rings (SSSR count). The molecular weight excluding hydrogens is 354 g/mol. The maximum absolute atomic E-state index is 12.3. The smallest absolute Gasteiger partial charge is 0.320 e. The lowest BCUT2D eigenvalue weighted by molar-refractivity contribution is -0.132. The number of ether oxygens (including phenoxy) is 1. The number of hydrogen-bond acceptors (Lipinski definition) is 3. The zero-order valence-corrected chi connectivity index (χ0v) is 16.4. The minimum absolute atomic E-state index is 0.0650. The van der Waals surface area contributed by atoms with Gasteiger partial charge in [-0.15, -0.1) is 0 Å². The second-order valence-corrected chi connectivity index (χ2v) is 6.61. The lowest BCUT2D eigenvalue weighted by Crippen LogP contribution is -2.54. The normalized spacial score (nSPS) is 14.3. The first-order chi connectivity index (χ1) is 12.6. The molecule has 1 aliphatic heterocycles. The molecule has 1 saturated heterocycles. The molecule has 7 heteroatoms. The number of amides is 3. The Morgan fingerprint density at radius 2 is 1.69 bits per heavy atom. The summed E-state index contributed by atoms with van der Waals surface area (Å²) in [4.78, 5) is 30.1. The van der Waals surface area contributed by atoms with Crippen LogP contribution in [0.5, 0.6) is 5.75 Å². The summed E-state index contributed by atoms with van der Waals surface area (Å²) in [6.07, 6.45) is 1.08. The summed E-state index contributed by atoms with van der Waals surface area (Å²) < 4.78 is 5.61. The number of hydrogen-bond donors (Lipinski definition) is 0. The van der Waals surface area contributed by atoms with Crippen molar-refractivity contribution in [2.24, 2.45) is 0 Å². The molecule has 0 unspecified atom stereocenters. The summed E-state index contributed by atoms with van der Waals surface area (Å²) in [6, 6.07) is 7.38. The topological polar surface area (TPSA) is 53.1 Å². The first-order valence-electron chi connectivity index (χ1n) is 9.25. The molecule has 6 nitrogen and oxygen atoms in total. The van der Waals surface area contributed by atoms with Gasteiger partial charge < -0.3 is 19.4 Å². The van der Waals surface area contributed by atoms with Crippen molar-refractivity contribution in [1.29, 1.82) is 0 Å². The van der Waals surface area contributed by atoms with E-state index in [4.69, 9.17) is 16.3 Å². The summed E-state index contributed by atoms with van der Waals surface area (Å²) in [5.41, 5.74) is 0. The summed E-state index contributed by atoms with van der Waals surface area (Å²) in [6.45, 7) is 8.20. The summed E-state index contributed by atoms with van der Waals surface area (Å²) in [5, 5.41) is 0.577. The van der Waals surface area contributed by atoms with Gasteiger partial charge in [-0.05, 0) is 32.4 Å². The van der Waals surface area contributed by atoms with Crippen molar-refractivity contribution in [3.8, 4) is 5.75 Å². The van der Waals surface area contributed by atoms with E-state index in [1.165, 1.54) is 0 Å². The van der Waals surface area contributed by atoms with Crippen LogP contribution in [0.3, 0.4) is 0 Å². The Morgan fingerprint density at radius 3 is 2.31 bits per heavy atom. The van der Waals surface area contributed by atoms with E-state index in [1.807, 2.05) is 46.7 Å². The Kier molecular flexibility index (Phi) is 8.04. The van der Waals surface area contributed by atoms with E-state index in [-0.39, 0.29) is 11.9 Å². The summed E-state index contributed by atoms with van der Waals surface area (Å²) in [5.74, 6) is 0.757. The number of nitrogens with zero attached hydrogens (tertiary/aromatic N) is 3. The lowest BCUT2D eigenvalue weighted by atomic mass is 10.2. The Balaban J connectivity index is 1.68. The van der Waals surface area contributed by atoms with Crippen LogP contribution in [0.25, 0.3) is 0 Å². The SMILES string of the molecule is CCN(CC)C(=O)N1CCN(C(=O)CCCOc2ccccc2Cl)CC1. The second-order valence-electron chi connectivity index (χ2n) is 6.21. The van der Waals surface area contributed by atoms with E-state index in [2.05, 4.69) is 0 Å². The van der Waals surface area contributed by atoms with E-state index < -0.39 is 0 Å². The number of urea groups is 1. The molecule has 0 saturated carbocycles. The summed E-state index contributed by atoms with van der Waals surface area (Å²) in [7, 11) is 0. The van der Waals surface area contributed by atoms with Crippen LogP contribution in [-0.4, -0.2) is 72.5 Å². The molecule has 1 fully saturated rings. The molecule has 0 spiro atoms. The molecule has 144 valence electrons. The van der Waals surface area contributed by atoms with Crippen LogP contribution in [-0.2, 0) is 4.79 Å². The predicted octanol–water partition coefficient (Wildman–Crippen LogP) is 3.11. The zero-order chi connectivity index (χ0) is 18.9. The second kappa shape index (κ2) is 10.3. The van der Waals surface area contributed by atoms with Crippen molar-refractivity contribution in [3.63, 3.8) is 0 Å². The van der Waals surface area contributed by atoms with Gasteiger partial charge in [-0.1, -0.05) is 23.7 Å². The van der Waals surface area contributed by atoms with Crippen molar-refractivity contribution in [2.75, 3.05) is 45.9 Å². The van der Waals surface area contributed by atoms with Crippen LogP contribution in [0.15, 0.2) is 24.3 Å². The minimum atomic E-state index is 0.0650. The van der Waals surface area contributed by atoms with E-state index in [1.54, 1.807) is 6.07 Å². The number of rotatable bonds is 7. The van der Waals surface area contributed by atoms with Gasteiger partial charge in [0.15, 0.2) is 0 Å². The summed E-state index contributed by atoms with van der Waals surface area (Å²) >= 11 is 6.03. The molecule has 3 amide bonds. The molecule has 26 heavy (non-hydrogen) atoms. The number of carbonyl (C=O) groups excluding carboxylic acids is 2. The molecule has 1 aromatic carbocycles. The van der Waals surface area contributed by atoms with Crippen LogP contribution in [0, 0.1) is 0 Å². The highest BCUT2D eigenvalue weighted by atomic mass is 35.5. The van der Waals surface area contributed by atoms with Gasteiger partial charge in [0.1, 0.15) is 5.75 Å². The number of para-hydroxylation sites is 1. The van der Waals surface area contributed by atoms with E-state index in [9.17, 15) is 9.59 Å². The van der Waals surface area contributed by atoms with Crippen LogP contribution in [0.2, 0.25) is 5.02 Å². The molecule has 1 aromatic rings. The van der Waals surface area contributed by atoms with Crippen molar-refractivity contribution in [2.45, 2.75) is 26.7 Å². The average Bonchev–Trinajstić information content (AvgIpc) is 2.67. The predicted molar refractivity (Wildman–Crippen MR) is 103 cm³/mol. The largest absolute Gasteiger partial charge is 0.492 e. The molecule has 0 N–H and O–H groups in total. The molecule has 1 aliphatic rings. The van der Waals surface area contributed by atoms with Gasteiger partial charge >= 0.3 is 6.03 Å². The first kappa shape index (κ1) is 20.4. The van der Waals surface area contributed by atoms with Crippen molar-refractivity contribution < 1.29 is 14.3 Å². The monoisotopic (exact) mass is 381 g/mol. The fraction of sp³-hybridized carbons (Fsp3) is 0.579. The maximum Gasteiger partial charge on any atom is 0.320 e. The number of benzene rings is 1. The molecule has 0 aliphatic carbocycles. The molecule has 1 heterocycles. The van der Waals surface area contributed by atoms with Gasteiger partial charge in [0.25, 0.3) is 0 Å². The Bertz CT molecular complexity index is 599. The maximum atomic E-state index is 12.3. The van der Waals surface area contributed by atoms with Crippen LogP contribution >= 0.6 is 11.6 Å². The Hall–Kier alpha value is -1.95. The third kappa shape index (κ3) is 5.53. The number of carbonyl (C=O) groups is 2. The van der Waals surface area contributed by atoms with Gasteiger partial charge in [-0.25, -0.2) is 4.79 Å². The highest BCUT2D eigenvalue weighted by molar-refractivity contribution is 6.32.